The Balaban J connectivity index is 1.46. The smallest absolute Gasteiger partial charge is 0.283 e. The lowest BCUT2D eigenvalue weighted by atomic mass is 10.1. The lowest BCUT2D eigenvalue weighted by Gasteiger charge is -2.18. The average molecular weight is 518 g/mol. The number of hydrogen-bond donors (Lipinski definition) is 2. The molecule has 0 unspecified atom stereocenters. The number of benzene rings is 3. The van der Waals surface area contributed by atoms with Gasteiger partial charge < -0.3 is 15.4 Å². The number of imide groups is 1. The molecule has 1 heterocycles. The monoisotopic (exact) mass is 517 g/mol. The molecule has 3 aromatic carbocycles. The highest BCUT2D eigenvalue weighted by Crippen LogP contribution is 2.32. The predicted molar refractivity (Wildman–Crippen MR) is 146 cm³/mol. The van der Waals surface area contributed by atoms with Crippen LogP contribution >= 0.6 is 11.6 Å². The van der Waals surface area contributed by atoms with Crippen LogP contribution in [0.5, 0.6) is 5.75 Å². The number of amides is 3. The summed E-state index contributed by atoms with van der Waals surface area (Å²) in [6.45, 7) is 4.61. The Kier molecular flexibility index (Phi) is 8.25. The number of halogens is 1. The lowest BCUT2D eigenvalue weighted by Crippen LogP contribution is -2.33. The van der Waals surface area contributed by atoms with E-state index in [4.69, 9.17) is 16.3 Å². The molecule has 7 nitrogen and oxygen atoms in total. The first-order valence-electron chi connectivity index (χ1n) is 12.2. The van der Waals surface area contributed by atoms with E-state index in [-0.39, 0.29) is 16.6 Å². The molecule has 8 heteroatoms. The van der Waals surface area contributed by atoms with Crippen LogP contribution in [0.4, 0.5) is 17.1 Å². The number of unbranched alkanes of at least 4 members (excludes halogenated alkanes) is 1. The van der Waals surface area contributed by atoms with E-state index in [1.807, 2.05) is 37.3 Å². The zero-order valence-corrected chi connectivity index (χ0v) is 21.5. The summed E-state index contributed by atoms with van der Waals surface area (Å²) < 4.78 is 5.79. The Morgan fingerprint density at radius 3 is 2.35 bits per heavy atom. The van der Waals surface area contributed by atoms with Crippen LogP contribution in [0, 0.1) is 0 Å². The standard InChI is InChI=1S/C29H28ClN3O4/c1-3-5-18-37-24-13-9-7-11-22(24)32-27(34)20-14-16-21(17-15-20)31-26-25(30)28(35)33(29(26)36)23-12-8-6-10-19(23)4-2/h6-17,31H,3-5,18H2,1-2H3,(H,32,34). The number of hydrogen-bond acceptors (Lipinski definition) is 5. The summed E-state index contributed by atoms with van der Waals surface area (Å²) in [7, 11) is 0. The van der Waals surface area contributed by atoms with Crippen LogP contribution in [0.3, 0.4) is 0 Å². The second-order valence-electron chi connectivity index (χ2n) is 8.47. The second kappa shape index (κ2) is 11.8. The summed E-state index contributed by atoms with van der Waals surface area (Å²) in [5.41, 5.74) is 2.89. The van der Waals surface area contributed by atoms with E-state index >= 15 is 0 Å². The van der Waals surface area contributed by atoms with Crippen LogP contribution < -0.4 is 20.3 Å². The largest absolute Gasteiger partial charge is 0.491 e. The Morgan fingerprint density at radius 1 is 0.919 bits per heavy atom. The number of anilines is 3. The van der Waals surface area contributed by atoms with Crippen molar-refractivity contribution in [3.8, 4) is 5.75 Å². The molecular weight excluding hydrogens is 490 g/mol. The van der Waals surface area contributed by atoms with E-state index in [2.05, 4.69) is 17.6 Å². The minimum atomic E-state index is -0.578. The zero-order valence-electron chi connectivity index (χ0n) is 20.7. The minimum Gasteiger partial charge on any atom is -0.491 e. The third-order valence-corrected chi connectivity index (χ3v) is 6.30. The summed E-state index contributed by atoms with van der Waals surface area (Å²) >= 11 is 6.27. The average Bonchev–Trinajstić information content (AvgIpc) is 3.12. The number of aryl methyl sites for hydroxylation is 1. The van der Waals surface area contributed by atoms with Crippen LogP contribution in [-0.4, -0.2) is 24.3 Å². The van der Waals surface area contributed by atoms with Gasteiger partial charge in [-0.3, -0.25) is 14.4 Å². The maximum Gasteiger partial charge on any atom is 0.283 e. The van der Waals surface area contributed by atoms with Crippen molar-refractivity contribution in [3.05, 3.63) is 94.7 Å². The molecule has 0 fully saturated rings. The first kappa shape index (κ1) is 26.0. The summed E-state index contributed by atoms with van der Waals surface area (Å²) in [4.78, 5) is 39.9. The van der Waals surface area contributed by atoms with Crippen molar-refractivity contribution in [3.63, 3.8) is 0 Å². The van der Waals surface area contributed by atoms with Crippen molar-refractivity contribution in [2.45, 2.75) is 33.1 Å². The SMILES string of the molecule is CCCCOc1ccccc1NC(=O)c1ccc(NC2=C(Cl)C(=O)N(c3ccccc3CC)C2=O)cc1. The normalized spacial score (nSPS) is 13.2. The summed E-state index contributed by atoms with van der Waals surface area (Å²) in [6, 6.07) is 21.1. The third-order valence-electron chi connectivity index (χ3n) is 5.95. The summed E-state index contributed by atoms with van der Waals surface area (Å²) in [6.07, 6.45) is 2.60. The van der Waals surface area contributed by atoms with Gasteiger partial charge in [0.05, 0.1) is 18.0 Å². The maximum absolute atomic E-state index is 13.1. The maximum atomic E-state index is 13.1. The highest BCUT2D eigenvalue weighted by atomic mass is 35.5. The third kappa shape index (κ3) is 5.67. The lowest BCUT2D eigenvalue weighted by molar-refractivity contribution is -0.120. The van der Waals surface area contributed by atoms with Crippen molar-refractivity contribution < 1.29 is 19.1 Å². The van der Waals surface area contributed by atoms with Gasteiger partial charge in [0.2, 0.25) is 0 Å². The first-order chi connectivity index (χ1) is 17.9. The van der Waals surface area contributed by atoms with Gasteiger partial charge in [0.25, 0.3) is 17.7 Å². The molecule has 0 bridgehead atoms. The van der Waals surface area contributed by atoms with Crippen LogP contribution in [0.15, 0.2) is 83.5 Å². The topological polar surface area (TPSA) is 87.7 Å². The summed E-state index contributed by atoms with van der Waals surface area (Å²) in [5, 5.41) is 5.64. The Labute approximate surface area is 221 Å². The number of para-hydroxylation sites is 3. The van der Waals surface area contributed by atoms with Gasteiger partial charge in [-0.15, -0.1) is 0 Å². The van der Waals surface area contributed by atoms with E-state index in [1.165, 1.54) is 0 Å². The van der Waals surface area contributed by atoms with Gasteiger partial charge in [-0.1, -0.05) is 62.2 Å². The molecule has 3 aromatic rings. The molecule has 190 valence electrons. The quantitative estimate of drug-likeness (QED) is 0.250. The molecular formula is C29H28ClN3O4. The second-order valence-corrected chi connectivity index (χ2v) is 8.85. The minimum absolute atomic E-state index is 0.00655. The number of ether oxygens (including phenoxy) is 1. The number of carbonyl (C=O) groups is 3. The van der Waals surface area contributed by atoms with E-state index in [0.29, 0.717) is 41.4 Å². The number of nitrogens with one attached hydrogen (secondary N) is 2. The van der Waals surface area contributed by atoms with Crippen molar-refractivity contribution in [2.24, 2.45) is 0 Å². The van der Waals surface area contributed by atoms with Gasteiger partial charge in [-0.05, 0) is 60.9 Å². The molecule has 0 saturated heterocycles. The molecule has 0 atom stereocenters. The van der Waals surface area contributed by atoms with Crippen LogP contribution in [-0.2, 0) is 16.0 Å². The predicted octanol–water partition coefficient (Wildman–Crippen LogP) is 6.12. The van der Waals surface area contributed by atoms with Crippen LogP contribution in [0.2, 0.25) is 0 Å². The molecule has 0 spiro atoms. The van der Waals surface area contributed by atoms with Gasteiger partial charge in [0, 0.05) is 11.3 Å². The van der Waals surface area contributed by atoms with E-state index < -0.39 is 11.8 Å². The van der Waals surface area contributed by atoms with E-state index in [9.17, 15) is 14.4 Å². The van der Waals surface area contributed by atoms with Crippen LogP contribution in [0.25, 0.3) is 0 Å². The Morgan fingerprint density at radius 2 is 1.62 bits per heavy atom. The molecule has 0 saturated carbocycles. The Bertz CT molecular complexity index is 1350. The molecule has 37 heavy (non-hydrogen) atoms. The molecule has 1 aliphatic rings. The number of carbonyl (C=O) groups excluding carboxylic acids is 3. The van der Waals surface area contributed by atoms with E-state index in [1.54, 1.807) is 42.5 Å². The van der Waals surface area contributed by atoms with Crippen molar-refractivity contribution >= 4 is 46.4 Å². The molecule has 0 aliphatic carbocycles. The molecule has 3 amide bonds. The van der Waals surface area contributed by atoms with Gasteiger partial charge in [0.1, 0.15) is 16.5 Å². The highest BCUT2D eigenvalue weighted by molar-refractivity contribution is 6.53. The Hall–Kier alpha value is -4.10. The summed E-state index contributed by atoms with van der Waals surface area (Å²) in [5.74, 6) is -0.795. The van der Waals surface area contributed by atoms with Crippen molar-refractivity contribution in [2.75, 3.05) is 22.1 Å². The van der Waals surface area contributed by atoms with Crippen molar-refractivity contribution in [1.82, 2.24) is 0 Å². The van der Waals surface area contributed by atoms with Crippen LogP contribution in [0.1, 0.15) is 42.6 Å². The van der Waals surface area contributed by atoms with Gasteiger partial charge >= 0.3 is 0 Å². The number of rotatable bonds is 10. The van der Waals surface area contributed by atoms with E-state index in [0.717, 1.165) is 23.3 Å². The molecule has 0 aromatic heterocycles. The molecule has 0 radical (unpaired) electrons. The first-order valence-corrected chi connectivity index (χ1v) is 12.6. The van der Waals surface area contributed by atoms with Gasteiger partial charge in [0.15, 0.2) is 0 Å². The highest BCUT2D eigenvalue weighted by Gasteiger charge is 2.39. The molecule has 4 rings (SSSR count). The molecule has 1 aliphatic heterocycles. The van der Waals surface area contributed by atoms with Gasteiger partial charge in [-0.2, -0.15) is 0 Å². The van der Waals surface area contributed by atoms with Gasteiger partial charge in [-0.25, -0.2) is 4.90 Å². The fourth-order valence-corrected chi connectivity index (χ4v) is 4.14. The zero-order chi connectivity index (χ0) is 26.4. The molecule has 2 N–H and O–H groups in total. The fourth-order valence-electron chi connectivity index (χ4n) is 3.92. The fraction of sp³-hybridized carbons (Fsp3) is 0.207. The number of nitrogens with zero attached hydrogens (tertiary/aromatic N) is 1. The van der Waals surface area contributed by atoms with Crippen molar-refractivity contribution in [1.29, 1.82) is 0 Å².